The van der Waals surface area contributed by atoms with E-state index in [0.717, 1.165) is 23.4 Å². The fraction of sp³-hybridized carbons (Fsp3) is 0.182. The van der Waals surface area contributed by atoms with E-state index >= 15 is 0 Å². The van der Waals surface area contributed by atoms with Crippen molar-refractivity contribution in [2.24, 2.45) is 0 Å². The summed E-state index contributed by atoms with van der Waals surface area (Å²) in [5.74, 6) is 0.704. The second-order valence-electron chi connectivity index (χ2n) is 6.78. The van der Waals surface area contributed by atoms with Crippen molar-refractivity contribution in [2.75, 3.05) is 25.1 Å². The lowest BCUT2D eigenvalue weighted by Gasteiger charge is -2.28. The highest BCUT2D eigenvalue weighted by Gasteiger charge is 2.25. The minimum atomic E-state index is -3.74. The molecule has 1 aliphatic rings. The highest BCUT2D eigenvalue weighted by atomic mass is 32.2. The van der Waals surface area contributed by atoms with Crippen LogP contribution in [0, 0.1) is 0 Å². The summed E-state index contributed by atoms with van der Waals surface area (Å²) in [6.45, 7) is 1.32. The first-order valence-corrected chi connectivity index (χ1v) is 10.6. The molecule has 4 rings (SSSR count). The Morgan fingerprint density at radius 3 is 2.14 bits per heavy atom. The van der Waals surface area contributed by atoms with Crippen molar-refractivity contribution < 1.29 is 13.2 Å². The standard InChI is InChI=1S/C22H22N2O3S/c1-24-14-15-27-21-13-12-19(16-20(21)24)28(25,26)23-22(17-8-4-2-5-9-17)18-10-6-3-7-11-18/h2-13,16,22-23H,14-15H2,1H3. The summed E-state index contributed by atoms with van der Waals surface area (Å²) in [6.07, 6.45) is 0. The molecular weight excluding hydrogens is 372 g/mol. The predicted molar refractivity (Wildman–Crippen MR) is 110 cm³/mol. The summed E-state index contributed by atoms with van der Waals surface area (Å²) in [5, 5.41) is 0. The van der Waals surface area contributed by atoms with E-state index in [1.807, 2.05) is 72.6 Å². The summed E-state index contributed by atoms with van der Waals surface area (Å²) in [7, 11) is -1.81. The van der Waals surface area contributed by atoms with E-state index < -0.39 is 16.1 Å². The smallest absolute Gasteiger partial charge is 0.241 e. The average molecular weight is 394 g/mol. The molecule has 0 saturated carbocycles. The number of hydrogen-bond donors (Lipinski definition) is 1. The lowest BCUT2D eigenvalue weighted by Crippen LogP contribution is -2.31. The van der Waals surface area contributed by atoms with Crippen LogP contribution in [0.4, 0.5) is 5.69 Å². The van der Waals surface area contributed by atoms with Crippen LogP contribution < -0.4 is 14.4 Å². The molecule has 0 radical (unpaired) electrons. The Morgan fingerprint density at radius 2 is 1.54 bits per heavy atom. The maximum Gasteiger partial charge on any atom is 0.241 e. The molecule has 3 aromatic rings. The number of hydrogen-bond acceptors (Lipinski definition) is 4. The Kier molecular flexibility index (Phi) is 5.07. The lowest BCUT2D eigenvalue weighted by molar-refractivity contribution is 0.311. The highest BCUT2D eigenvalue weighted by Crippen LogP contribution is 2.33. The van der Waals surface area contributed by atoms with Gasteiger partial charge in [0.1, 0.15) is 12.4 Å². The monoisotopic (exact) mass is 394 g/mol. The van der Waals surface area contributed by atoms with Gasteiger partial charge in [-0.3, -0.25) is 0 Å². The number of likely N-dealkylation sites (N-methyl/N-ethyl adjacent to an activating group) is 1. The quantitative estimate of drug-likeness (QED) is 0.719. The van der Waals surface area contributed by atoms with E-state index in [1.165, 1.54) is 0 Å². The Morgan fingerprint density at radius 1 is 0.929 bits per heavy atom. The van der Waals surface area contributed by atoms with E-state index in [9.17, 15) is 8.42 Å². The zero-order valence-corrected chi connectivity index (χ0v) is 16.4. The molecular formula is C22H22N2O3S. The Labute approximate surface area is 165 Å². The Bertz CT molecular complexity index is 1010. The van der Waals surface area contributed by atoms with Crippen molar-refractivity contribution in [3.05, 3.63) is 90.0 Å². The van der Waals surface area contributed by atoms with Gasteiger partial charge < -0.3 is 9.64 Å². The van der Waals surface area contributed by atoms with Crippen molar-refractivity contribution in [2.45, 2.75) is 10.9 Å². The number of fused-ring (bicyclic) bond motifs is 1. The number of anilines is 1. The normalized spacial score (nSPS) is 13.9. The first-order valence-electron chi connectivity index (χ1n) is 9.15. The molecule has 0 aromatic heterocycles. The molecule has 3 aromatic carbocycles. The molecule has 0 amide bonds. The van der Waals surface area contributed by atoms with Gasteiger partial charge in [0.15, 0.2) is 0 Å². The number of sulfonamides is 1. The van der Waals surface area contributed by atoms with Crippen LogP contribution in [-0.4, -0.2) is 28.6 Å². The summed E-state index contributed by atoms with van der Waals surface area (Å²) in [4.78, 5) is 2.23. The van der Waals surface area contributed by atoms with Gasteiger partial charge in [-0.2, -0.15) is 4.72 Å². The molecule has 6 heteroatoms. The first kappa shape index (κ1) is 18.5. The van der Waals surface area contributed by atoms with Gasteiger partial charge in [-0.05, 0) is 29.3 Å². The van der Waals surface area contributed by atoms with Gasteiger partial charge >= 0.3 is 0 Å². The second-order valence-corrected chi connectivity index (χ2v) is 8.49. The molecule has 0 aliphatic carbocycles. The van der Waals surface area contributed by atoms with E-state index in [-0.39, 0.29) is 4.90 Å². The maximum absolute atomic E-state index is 13.2. The van der Waals surface area contributed by atoms with Crippen molar-refractivity contribution in [1.29, 1.82) is 0 Å². The minimum absolute atomic E-state index is 0.223. The SMILES string of the molecule is CN1CCOc2ccc(S(=O)(=O)NC(c3ccccc3)c3ccccc3)cc21. The van der Waals surface area contributed by atoms with Gasteiger partial charge in [0.25, 0.3) is 0 Å². The van der Waals surface area contributed by atoms with Crippen molar-refractivity contribution >= 4 is 15.7 Å². The van der Waals surface area contributed by atoms with Crippen LogP contribution in [0.1, 0.15) is 17.2 Å². The van der Waals surface area contributed by atoms with E-state index in [2.05, 4.69) is 4.72 Å². The van der Waals surface area contributed by atoms with Crippen LogP contribution in [0.5, 0.6) is 5.75 Å². The highest BCUT2D eigenvalue weighted by molar-refractivity contribution is 7.89. The zero-order chi connectivity index (χ0) is 19.6. The van der Waals surface area contributed by atoms with E-state index in [1.54, 1.807) is 18.2 Å². The Balaban J connectivity index is 1.71. The average Bonchev–Trinajstić information content (AvgIpc) is 2.73. The van der Waals surface area contributed by atoms with Crippen LogP contribution in [0.3, 0.4) is 0 Å². The van der Waals surface area contributed by atoms with E-state index in [4.69, 9.17) is 4.74 Å². The molecule has 1 aliphatic heterocycles. The third-order valence-corrected chi connectivity index (χ3v) is 6.30. The topological polar surface area (TPSA) is 58.6 Å². The molecule has 144 valence electrons. The molecule has 1 heterocycles. The van der Waals surface area contributed by atoms with Crippen molar-refractivity contribution in [1.82, 2.24) is 4.72 Å². The number of rotatable bonds is 5. The van der Waals surface area contributed by atoms with Gasteiger partial charge in [0.05, 0.1) is 23.2 Å². The van der Waals surface area contributed by atoms with Crippen LogP contribution in [-0.2, 0) is 10.0 Å². The number of nitrogens with one attached hydrogen (secondary N) is 1. The number of ether oxygens (including phenoxy) is 1. The molecule has 0 spiro atoms. The number of benzene rings is 3. The van der Waals surface area contributed by atoms with Gasteiger partial charge in [0, 0.05) is 7.05 Å². The lowest BCUT2D eigenvalue weighted by atomic mass is 10.00. The van der Waals surface area contributed by atoms with Crippen LogP contribution >= 0.6 is 0 Å². The second kappa shape index (κ2) is 7.66. The summed E-state index contributed by atoms with van der Waals surface area (Å²) in [6, 6.07) is 23.7. The third-order valence-electron chi connectivity index (χ3n) is 4.88. The van der Waals surface area contributed by atoms with Crippen molar-refractivity contribution in [3.63, 3.8) is 0 Å². The van der Waals surface area contributed by atoms with Crippen LogP contribution in [0.2, 0.25) is 0 Å². The van der Waals surface area contributed by atoms with Crippen molar-refractivity contribution in [3.8, 4) is 5.75 Å². The Hall–Kier alpha value is -2.83. The summed E-state index contributed by atoms with van der Waals surface area (Å²) >= 11 is 0. The van der Waals surface area contributed by atoms with Gasteiger partial charge in [0.2, 0.25) is 10.0 Å². The zero-order valence-electron chi connectivity index (χ0n) is 15.6. The molecule has 0 fully saturated rings. The molecule has 0 atom stereocenters. The molecule has 0 bridgehead atoms. The minimum Gasteiger partial charge on any atom is -0.490 e. The molecule has 0 unspecified atom stereocenters. The largest absolute Gasteiger partial charge is 0.490 e. The summed E-state index contributed by atoms with van der Waals surface area (Å²) in [5.41, 5.74) is 2.55. The maximum atomic E-state index is 13.2. The predicted octanol–water partition coefficient (Wildman–Crippen LogP) is 3.58. The molecule has 28 heavy (non-hydrogen) atoms. The molecule has 0 saturated heterocycles. The van der Waals surface area contributed by atoms with E-state index in [0.29, 0.717) is 12.4 Å². The molecule has 1 N–H and O–H groups in total. The number of nitrogens with zero attached hydrogens (tertiary/aromatic N) is 1. The fourth-order valence-electron chi connectivity index (χ4n) is 3.34. The third kappa shape index (κ3) is 3.74. The van der Waals surface area contributed by atoms with Gasteiger partial charge in [-0.15, -0.1) is 0 Å². The van der Waals surface area contributed by atoms with Gasteiger partial charge in [-0.25, -0.2) is 8.42 Å². The van der Waals surface area contributed by atoms with Crippen LogP contribution in [0.15, 0.2) is 83.8 Å². The molecule has 5 nitrogen and oxygen atoms in total. The first-order chi connectivity index (χ1) is 13.5. The summed E-state index contributed by atoms with van der Waals surface area (Å²) < 4.78 is 34.9. The van der Waals surface area contributed by atoms with Gasteiger partial charge in [-0.1, -0.05) is 60.7 Å². The van der Waals surface area contributed by atoms with Crippen LogP contribution in [0.25, 0.3) is 0 Å². The fourth-order valence-corrected chi connectivity index (χ4v) is 4.57.